The summed E-state index contributed by atoms with van der Waals surface area (Å²) < 4.78 is 31.6. The van der Waals surface area contributed by atoms with E-state index in [0.29, 0.717) is 0 Å². The van der Waals surface area contributed by atoms with Crippen LogP contribution in [0.25, 0.3) is 0 Å². The summed E-state index contributed by atoms with van der Waals surface area (Å²) in [5.41, 5.74) is 0. The molecular weight excluding hydrogens is 176 g/mol. The molecule has 0 rings (SSSR count). The van der Waals surface area contributed by atoms with Crippen LogP contribution in [0, 0.1) is 0 Å². The average molecular weight is 178 g/mol. The van der Waals surface area contributed by atoms with E-state index in [1.807, 2.05) is 0 Å². The van der Waals surface area contributed by atoms with Crippen molar-refractivity contribution in [2.75, 3.05) is 0 Å². The van der Waals surface area contributed by atoms with E-state index in [2.05, 4.69) is 0 Å². The van der Waals surface area contributed by atoms with Gasteiger partial charge in [0.2, 0.25) is 0 Å². The monoisotopic (exact) mass is 178 g/mol. The van der Waals surface area contributed by atoms with Crippen LogP contribution >= 0.6 is 0 Å². The SMILES string of the molecule is O=S(=O)(O)O.[Li+].[Li+].[Li+].[O-]B([O-])[O-]. The van der Waals surface area contributed by atoms with E-state index in [4.69, 9.17) is 32.6 Å². The Labute approximate surface area is 106 Å². The normalized spacial score (nSPS) is 7.08. The Balaban J connectivity index is -0.0000000221. The molecule has 0 aromatic heterocycles. The standard InChI is InChI=1S/BO3.3Li.H2O4S/c2-1(3)4;;;;1-5(2,3)4/h;;;;(H2,1,2,3,4)/q-3;3*+1;. The maximum Gasteiger partial charge on any atom is 1.00 e. The Kier molecular flexibility index (Phi) is 36.7. The van der Waals surface area contributed by atoms with Gasteiger partial charge in [-0.2, -0.15) is 8.42 Å². The number of rotatable bonds is 0. The molecule has 0 unspecified atom stereocenters. The van der Waals surface area contributed by atoms with Gasteiger partial charge in [-0.15, -0.1) is 0 Å². The molecule has 12 heavy (non-hydrogen) atoms. The molecule has 0 aromatic rings. The van der Waals surface area contributed by atoms with Crippen molar-refractivity contribution in [1.29, 1.82) is 0 Å². The first-order valence-electron chi connectivity index (χ1n) is 1.41. The summed E-state index contributed by atoms with van der Waals surface area (Å²) >= 11 is 0. The van der Waals surface area contributed by atoms with Crippen LogP contribution in [-0.4, -0.2) is 24.8 Å². The van der Waals surface area contributed by atoms with Gasteiger partial charge in [-0.3, -0.25) is 16.4 Å². The van der Waals surface area contributed by atoms with Gasteiger partial charge < -0.3 is 15.1 Å². The number of hydrogen-bond acceptors (Lipinski definition) is 5. The van der Waals surface area contributed by atoms with E-state index in [1.54, 1.807) is 0 Å². The largest absolute Gasteiger partial charge is 1.00 e. The summed E-state index contributed by atoms with van der Waals surface area (Å²) in [6.07, 6.45) is 0. The molecule has 0 amide bonds. The van der Waals surface area contributed by atoms with Crippen LogP contribution in [0.5, 0.6) is 0 Å². The summed E-state index contributed by atoms with van der Waals surface area (Å²) in [4.78, 5) is 0. The molecule has 7 nitrogen and oxygen atoms in total. The predicted molar refractivity (Wildman–Crippen MR) is 19.9 cm³/mol. The third kappa shape index (κ3) is 506. The van der Waals surface area contributed by atoms with Crippen molar-refractivity contribution in [3.63, 3.8) is 0 Å². The topological polar surface area (TPSA) is 144 Å². The van der Waals surface area contributed by atoms with Gasteiger partial charge in [0.15, 0.2) is 0 Å². The minimum absolute atomic E-state index is 0. The molecule has 0 radical (unpaired) electrons. The van der Waals surface area contributed by atoms with E-state index in [0.717, 1.165) is 0 Å². The Morgan fingerprint density at radius 3 is 0.917 bits per heavy atom. The van der Waals surface area contributed by atoms with Crippen LogP contribution in [0.3, 0.4) is 0 Å². The zero-order chi connectivity index (χ0) is 8.08. The van der Waals surface area contributed by atoms with E-state index >= 15 is 0 Å². The van der Waals surface area contributed by atoms with Crippen molar-refractivity contribution >= 4 is 17.7 Å². The van der Waals surface area contributed by atoms with E-state index < -0.39 is 17.7 Å². The van der Waals surface area contributed by atoms with E-state index in [1.165, 1.54) is 0 Å². The van der Waals surface area contributed by atoms with Crippen molar-refractivity contribution in [3.05, 3.63) is 0 Å². The Bertz CT molecular complexity index is 130. The van der Waals surface area contributed by atoms with Crippen molar-refractivity contribution in [1.82, 2.24) is 0 Å². The van der Waals surface area contributed by atoms with Crippen LogP contribution in [0.2, 0.25) is 0 Å². The van der Waals surface area contributed by atoms with Gasteiger partial charge in [0.25, 0.3) is 0 Å². The zero-order valence-corrected chi connectivity index (χ0v) is 7.74. The Morgan fingerprint density at radius 1 is 0.917 bits per heavy atom. The molecule has 0 atom stereocenters. The molecule has 0 aliphatic heterocycles. The molecule has 0 bridgehead atoms. The molecule has 2 N–H and O–H groups in total. The molecule has 0 saturated carbocycles. The smallest absolute Gasteiger partial charge is 0.907 e. The number of hydrogen-bond donors (Lipinski definition) is 2. The molecule has 0 saturated heterocycles. The minimum Gasteiger partial charge on any atom is -0.907 e. The first-order valence-corrected chi connectivity index (χ1v) is 2.80. The van der Waals surface area contributed by atoms with Crippen LogP contribution in [0.1, 0.15) is 0 Å². The second-order valence-electron chi connectivity index (χ2n) is 0.737. The summed E-state index contributed by atoms with van der Waals surface area (Å²) in [6.45, 7) is 0. The third-order valence-corrected chi connectivity index (χ3v) is 0. The van der Waals surface area contributed by atoms with Gasteiger partial charge in [-0.1, -0.05) is 0 Å². The van der Waals surface area contributed by atoms with Crippen LogP contribution in [0.15, 0.2) is 0 Å². The Hall–Kier alpha value is 1.61. The van der Waals surface area contributed by atoms with Crippen molar-refractivity contribution < 1.29 is 89.2 Å². The molecule has 0 fully saturated rings. The second-order valence-corrected chi connectivity index (χ2v) is 1.63. The molecule has 0 aliphatic carbocycles. The molecular formula is H2BLi3O7S. The van der Waals surface area contributed by atoms with Gasteiger partial charge in [-0.05, 0) is 0 Å². The van der Waals surface area contributed by atoms with Gasteiger partial charge in [0, 0.05) is 0 Å². The van der Waals surface area contributed by atoms with Gasteiger partial charge in [-0.25, -0.2) is 0 Å². The van der Waals surface area contributed by atoms with Gasteiger partial charge >= 0.3 is 67.0 Å². The maximum atomic E-state index is 8.74. The quantitative estimate of drug-likeness (QED) is 0.276. The van der Waals surface area contributed by atoms with Gasteiger partial charge in [0.05, 0.1) is 0 Å². The summed E-state index contributed by atoms with van der Waals surface area (Å²) in [5, 5.41) is 25.2. The van der Waals surface area contributed by atoms with Gasteiger partial charge in [0.1, 0.15) is 0 Å². The van der Waals surface area contributed by atoms with Crippen LogP contribution in [-0.2, 0) is 10.4 Å². The van der Waals surface area contributed by atoms with Crippen LogP contribution < -0.4 is 71.7 Å². The van der Waals surface area contributed by atoms with Crippen molar-refractivity contribution in [2.45, 2.75) is 0 Å². The van der Waals surface area contributed by atoms with Crippen molar-refractivity contribution in [3.8, 4) is 0 Å². The maximum absolute atomic E-state index is 8.74. The fourth-order valence-electron chi connectivity index (χ4n) is 0. The predicted octanol–water partition coefficient (Wildman–Crippen LogP) is -13.6. The molecule has 0 spiro atoms. The molecule has 56 valence electrons. The summed E-state index contributed by atoms with van der Waals surface area (Å²) in [6, 6.07) is 0. The van der Waals surface area contributed by atoms with E-state index in [9.17, 15) is 0 Å². The Morgan fingerprint density at radius 2 is 0.917 bits per heavy atom. The average Bonchev–Trinajstić information content (AvgIpc) is 1.19. The minimum atomic E-state index is -4.67. The first-order chi connectivity index (χ1) is 3.73. The summed E-state index contributed by atoms with van der Waals surface area (Å²) in [5.74, 6) is 0. The fourth-order valence-corrected chi connectivity index (χ4v) is 0. The molecule has 12 heteroatoms. The summed E-state index contributed by atoms with van der Waals surface area (Å²) in [7, 11) is -7.58. The molecule has 0 aromatic carbocycles. The molecule has 0 aliphatic rings. The first kappa shape index (κ1) is 29.2. The zero-order valence-electron chi connectivity index (χ0n) is 6.92. The third-order valence-electron chi connectivity index (χ3n) is 0. The fraction of sp³-hybridized carbons (Fsp3) is 0. The second kappa shape index (κ2) is 15.1. The van der Waals surface area contributed by atoms with E-state index in [-0.39, 0.29) is 56.6 Å². The van der Waals surface area contributed by atoms with Crippen molar-refractivity contribution in [2.24, 2.45) is 0 Å². The van der Waals surface area contributed by atoms with Crippen LogP contribution in [0.4, 0.5) is 0 Å². The molecule has 0 heterocycles.